The third-order valence-corrected chi connectivity index (χ3v) is 4.06. The molecular weight excluding hydrogens is 288 g/mol. The first kappa shape index (κ1) is 15.5. The van der Waals surface area contributed by atoms with Crippen molar-refractivity contribution in [2.45, 2.75) is 32.2 Å². The molecule has 5 heteroatoms. The zero-order chi connectivity index (χ0) is 15.9. The predicted molar refractivity (Wildman–Crippen MR) is 90.3 cm³/mol. The van der Waals surface area contributed by atoms with Crippen LogP contribution in [0.3, 0.4) is 0 Å². The van der Waals surface area contributed by atoms with Crippen LogP contribution in [0.1, 0.15) is 41.7 Å². The lowest BCUT2D eigenvalue weighted by Gasteiger charge is -2.20. The van der Waals surface area contributed by atoms with Crippen LogP contribution in [0.2, 0.25) is 0 Å². The number of anilines is 1. The van der Waals surface area contributed by atoms with Crippen molar-refractivity contribution in [1.29, 1.82) is 0 Å². The Morgan fingerprint density at radius 1 is 1.04 bits per heavy atom. The summed E-state index contributed by atoms with van der Waals surface area (Å²) < 4.78 is 0. The lowest BCUT2D eigenvalue weighted by atomic mass is 10.2. The number of amides is 1. The van der Waals surface area contributed by atoms with E-state index in [-0.39, 0.29) is 5.91 Å². The topological polar surface area (TPSA) is 58.1 Å². The van der Waals surface area contributed by atoms with Crippen molar-refractivity contribution in [3.05, 3.63) is 53.9 Å². The van der Waals surface area contributed by atoms with Crippen LogP contribution in [0.25, 0.3) is 0 Å². The van der Waals surface area contributed by atoms with Crippen molar-refractivity contribution < 1.29 is 4.79 Å². The highest BCUT2D eigenvalue weighted by atomic mass is 16.1. The number of nitrogens with zero attached hydrogens (tertiary/aromatic N) is 3. The first-order valence-electron chi connectivity index (χ1n) is 8.23. The highest BCUT2D eigenvalue weighted by molar-refractivity contribution is 5.92. The Morgan fingerprint density at radius 3 is 2.52 bits per heavy atom. The van der Waals surface area contributed by atoms with E-state index in [1.807, 2.05) is 30.3 Å². The summed E-state index contributed by atoms with van der Waals surface area (Å²) in [6.45, 7) is 2.44. The average Bonchev–Trinajstić information content (AvgIpc) is 2.90. The van der Waals surface area contributed by atoms with Gasteiger partial charge < -0.3 is 10.2 Å². The van der Waals surface area contributed by atoms with Gasteiger partial charge in [-0.05, 0) is 24.5 Å². The van der Waals surface area contributed by atoms with Crippen molar-refractivity contribution in [3.63, 3.8) is 0 Å². The first-order chi connectivity index (χ1) is 11.3. The van der Waals surface area contributed by atoms with Gasteiger partial charge in [-0.2, -0.15) is 0 Å². The Morgan fingerprint density at radius 2 is 1.78 bits per heavy atom. The summed E-state index contributed by atoms with van der Waals surface area (Å²) in [4.78, 5) is 23.3. The minimum Gasteiger partial charge on any atom is -0.347 e. The highest BCUT2D eigenvalue weighted by Crippen LogP contribution is 2.15. The smallest absolute Gasteiger partial charge is 0.270 e. The van der Waals surface area contributed by atoms with E-state index in [2.05, 4.69) is 20.2 Å². The maximum Gasteiger partial charge on any atom is 0.270 e. The molecule has 23 heavy (non-hydrogen) atoms. The van der Waals surface area contributed by atoms with Gasteiger partial charge in [0.05, 0.1) is 0 Å². The van der Waals surface area contributed by atoms with Crippen molar-refractivity contribution in [2.75, 3.05) is 18.0 Å². The second-order valence-corrected chi connectivity index (χ2v) is 5.81. The minimum absolute atomic E-state index is 0.160. The number of benzene rings is 1. The van der Waals surface area contributed by atoms with Gasteiger partial charge in [-0.25, -0.2) is 9.97 Å². The maximum atomic E-state index is 12.3. The molecule has 1 amide bonds. The molecule has 1 aromatic heterocycles. The number of hydrogen-bond donors (Lipinski definition) is 1. The fourth-order valence-electron chi connectivity index (χ4n) is 2.77. The van der Waals surface area contributed by atoms with Crippen LogP contribution >= 0.6 is 0 Å². The first-order valence-corrected chi connectivity index (χ1v) is 8.23. The molecule has 0 bridgehead atoms. The van der Waals surface area contributed by atoms with E-state index < -0.39 is 0 Å². The monoisotopic (exact) mass is 310 g/mol. The van der Waals surface area contributed by atoms with E-state index in [9.17, 15) is 4.79 Å². The molecule has 0 saturated carbocycles. The van der Waals surface area contributed by atoms with Gasteiger partial charge in [-0.15, -0.1) is 0 Å². The van der Waals surface area contributed by atoms with E-state index in [0.717, 1.165) is 31.5 Å². The quantitative estimate of drug-likeness (QED) is 0.943. The number of rotatable bonds is 4. The van der Waals surface area contributed by atoms with Crippen LogP contribution in [-0.4, -0.2) is 29.0 Å². The van der Waals surface area contributed by atoms with E-state index in [1.165, 1.54) is 12.8 Å². The molecule has 0 atom stereocenters. The second kappa shape index (κ2) is 7.72. The second-order valence-electron chi connectivity index (χ2n) is 5.81. The molecule has 2 aromatic rings. The molecule has 1 N–H and O–H groups in total. The van der Waals surface area contributed by atoms with Gasteiger partial charge in [-0.1, -0.05) is 43.2 Å². The van der Waals surface area contributed by atoms with Crippen molar-refractivity contribution in [1.82, 2.24) is 15.3 Å². The Labute approximate surface area is 136 Å². The molecule has 1 aliphatic rings. The fourth-order valence-corrected chi connectivity index (χ4v) is 2.77. The minimum atomic E-state index is -0.160. The molecule has 3 rings (SSSR count). The zero-order valence-corrected chi connectivity index (χ0v) is 13.2. The summed E-state index contributed by atoms with van der Waals surface area (Å²) in [5, 5.41) is 2.91. The van der Waals surface area contributed by atoms with Crippen LogP contribution in [0.4, 0.5) is 5.95 Å². The summed E-state index contributed by atoms with van der Waals surface area (Å²) in [6.07, 6.45) is 6.51. The summed E-state index contributed by atoms with van der Waals surface area (Å²) >= 11 is 0. The molecule has 0 spiro atoms. The van der Waals surface area contributed by atoms with Gasteiger partial charge in [0.15, 0.2) is 0 Å². The number of nitrogens with one attached hydrogen (secondary N) is 1. The number of carbonyl (C=O) groups is 1. The van der Waals surface area contributed by atoms with Gasteiger partial charge in [0.25, 0.3) is 5.91 Å². The number of hydrogen-bond acceptors (Lipinski definition) is 4. The number of aromatic nitrogens is 2. The van der Waals surface area contributed by atoms with Crippen LogP contribution in [0.5, 0.6) is 0 Å². The molecule has 120 valence electrons. The third-order valence-electron chi connectivity index (χ3n) is 4.06. The van der Waals surface area contributed by atoms with Gasteiger partial charge in [-0.3, -0.25) is 4.79 Å². The molecule has 1 aromatic carbocycles. The van der Waals surface area contributed by atoms with E-state index >= 15 is 0 Å². The van der Waals surface area contributed by atoms with Crippen molar-refractivity contribution >= 4 is 11.9 Å². The Hall–Kier alpha value is -2.43. The summed E-state index contributed by atoms with van der Waals surface area (Å²) in [5.74, 6) is 0.506. The highest BCUT2D eigenvalue weighted by Gasteiger charge is 2.15. The van der Waals surface area contributed by atoms with Crippen molar-refractivity contribution in [2.24, 2.45) is 0 Å². The van der Waals surface area contributed by atoms with Gasteiger partial charge >= 0.3 is 0 Å². The van der Waals surface area contributed by atoms with E-state index in [4.69, 9.17) is 0 Å². The van der Waals surface area contributed by atoms with Gasteiger partial charge in [0.2, 0.25) is 5.95 Å². The normalized spacial score (nSPS) is 15.0. The molecule has 1 fully saturated rings. The molecule has 1 saturated heterocycles. The molecule has 1 aliphatic heterocycles. The average molecular weight is 310 g/mol. The Balaban J connectivity index is 1.65. The largest absolute Gasteiger partial charge is 0.347 e. The standard InChI is InChI=1S/C18H22N4O/c23-17(20-14-15-8-4-3-5-9-15)16-10-11-19-18(21-16)22-12-6-1-2-7-13-22/h3-5,8-11H,1-2,6-7,12-14H2,(H,20,23). The van der Waals surface area contributed by atoms with Gasteiger partial charge in [0, 0.05) is 25.8 Å². The predicted octanol–water partition coefficient (Wildman–Crippen LogP) is 2.79. The van der Waals surface area contributed by atoms with Crippen LogP contribution in [0, 0.1) is 0 Å². The molecule has 2 heterocycles. The van der Waals surface area contributed by atoms with Crippen molar-refractivity contribution in [3.8, 4) is 0 Å². The lowest BCUT2D eigenvalue weighted by molar-refractivity contribution is 0.0946. The summed E-state index contributed by atoms with van der Waals surface area (Å²) in [5.41, 5.74) is 1.50. The Kier molecular flexibility index (Phi) is 5.19. The number of carbonyl (C=O) groups excluding carboxylic acids is 1. The van der Waals surface area contributed by atoms with Crippen LogP contribution in [-0.2, 0) is 6.54 Å². The maximum absolute atomic E-state index is 12.3. The van der Waals surface area contributed by atoms with E-state index in [1.54, 1.807) is 12.3 Å². The molecule has 0 radical (unpaired) electrons. The SMILES string of the molecule is O=C(NCc1ccccc1)c1ccnc(N2CCCCCC2)n1. The van der Waals surface area contributed by atoms with E-state index in [0.29, 0.717) is 18.2 Å². The molecule has 0 aliphatic carbocycles. The third kappa shape index (κ3) is 4.28. The van der Waals surface area contributed by atoms with Crippen LogP contribution in [0.15, 0.2) is 42.6 Å². The molecular formula is C18H22N4O. The van der Waals surface area contributed by atoms with Crippen LogP contribution < -0.4 is 10.2 Å². The molecule has 0 unspecified atom stereocenters. The summed E-state index contributed by atoms with van der Waals surface area (Å²) in [7, 11) is 0. The zero-order valence-electron chi connectivity index (χ0n) is 13.2. The molecule has 5 nitrogen and oxygen atoms in total. The Bertz CT molecular complexity index is 636. The lowest BCUT2D eigenvalue weighted by Crippen LogP contribution is -2.28. The van der Waals surface area contributed by atoms with Gasteiger partial charge in [0.1, 0.15) is 5.69 Å². The fraction of sp³-hybridized carbons (Fsp3) is 0.389. The summed E-state index contributed by atoms with van der Waals surface area (Å²) in [6, 6.07) is 11.5.